The van der Waals surface area contributed by atoms with E-state index in [1.807, 2.05) is 31.2 Å². The Morgan fingerprint density at radius 3 is 2.68 bits per heavy atom. The summed E-state index contributed by atoms with van der Waals surface area (Å²) >= 11 is 1.26. The lowest BCUT2D eigenvalue weighted by atomic mass is 9.90. The molecular weight excluding hydrogens is 398 g/mol. The van der Waals surface area contributed by atoms with Crippen LogP contribution in [0.15, 0.2) is 40.1 Å². The largest absolute Gasteiger partial charge is 0.363 e. The fourth-order valence-corrected chi connectivity index (χ4v) is 6.79. The third-order valence-corrected chi connectivity index (χ3v) is 9.00. The molecule has 0 aliphatic carbocycles. The molecule has 0 bridgehead atoms. The van der Waals surface area contributed by atoms with Crippen molar-refractivity contribution in [2.45, 2.75) is 36.1 Å². The molecule has 0 radical (unpaired) electrons. The predicted octanol–water partition coefficient (Wildman–Crippen LogP) is 2.03. The van der Waals surface area contributed by atoms with Gasteiger partial charge in [-0.05, 0) is 48.9 Å². The highest BCUT2D eigenvalue weighted by Gasteiger charge is 2.44. The van der Waals surface area contributed by atoms with Crippen LogP contribution < -0.4 is 0 Å². The predicted molar refractivity (Wildman–Crippen MR) is 105 cm³/mol. The maximum Gasteiger partial charge on any atom is 0.252 e. The summed E-state index contributed by atoms with van der Waals surface area (Å²) in [6, 6.07) is 7.47. The highest BCUT2D eigenvalue weighted by Crippen LogP contribution is 2.34. The lowest BCUT2D eigenvalue weighted by Crippen LogP contribution is -2.58. The van der Waals surface area contributed by atoms with Crippen molar-refractivity contribution in [1.82, 2.24) is 14.2 Å². The van der Waals surface area contributed by atoms with E-state index in [-0.39, 0.29) is 12.5 Å². The summed E-state index contributed by atoms with van der Waals surface area (Å²) in [7, 11) is -3.47. The number of hydrogen-bond donors (Lipinski definition) is 0. The van der Waals surface area contributed by atoms with Gasteiger partial charge in [0.05, 0.1) is 24.4 Å². The molecule has 0 atom stereocenters. The Bertz CT molecular complexity index is 951. The van der Waals surface area contributed by atoms with Crippen LogP contribution in [-0.2, 0) is 26.1 Å². The summed E-state index contributed by atoms with van der Waals surface area (Å²) < 4.78 is 33.7. The van der Waals surface area contributed by atoms with Crippen LogP contribution >= 0.6 is 11.3 Å². The van der Waals surface area contributed by atoms with E-state index >= 15 is 0 Å². The van der Waals surface area contributed by atoms with Crippen LogP contribution in [0.5, 0.6) is 0 Å². The van der Waals surface area contributed by atoms with Gasteiger partial charge in [0.15, 0.2) is 0 Å². The summed E-state index contributed by atoms with van der Waals surface area (Å²) in [4.78, 5) is 18.4. The number of amides is 1. The summed E-state index contributed by atoms with van der Waals surface area (Å²) in [5.41, 5.74) is 1.13. The second-order valence-electron chi connectivity index (χ2n) is 7.34. The highest BCUT2D eigenvalue weighted by atomic mass is 32.2. The van der Waals surface area contributed by atoms with Crippen molar-refractivity contribution < 1.29 is 17.9 Å². The first-order valence-electron chi connectivity index (χ1n) is 9.26. The molecule has 2 saturated heterocycles. The number of sulfonamides is 1. The van der Waals surface area contributed by atoms with Gasteiger partial charge in [-0.25, -0.2) is 8.42 Å². The number of morpholine rings is 1. The topological polar surface area (TPSA) is 79.8 Å². The molecule has 0 unspecified atom stereocenters. The molecule has 0 saturated carbocycles. The van der Waals surface area contributed by atoms with Crippen molar-refractivity contribution in [2.24, 2.45) is 0 Å². The number of ether oxygens (including phenoxy) is 1. The number of carbonyl (C=O) groups is 1. The van der Waals surface area contributed by atoms with Crippen molar-refractivity contribution in [2.75, 3.05) is 26.2 Å². The number of aryl methyl sites for hydroxylation is 1. The van der Waals surface area contributed by atoms with E-state index in [9.17, 15) is 13.2 Å². The SMILES string of the molecule is Cc1ccsc1S(=O)(=O)N1CCC2(CC1)CN(Cc1ccccn1)C(=O)CO2. The zero-order valence-corrected chi connectivity index (χ0v) is 17.3. The quantitative estimate of drug-likeness (QED) is 0.755. The summed E-state index contributed by atoms with van der Waals surface area (Å²) in [6.07, 6.45) is 2.86. The second kappa shape index (κ2) is 7.55. The molecule has 2 aliphatic heterocycles. The third kappa shape index (κ3) is 3.71. The number of hydrogen-bond acceptors (Lipinski definition) is 6. The Morgan fingerprint density at radius 1 is 1.25 bits per heavy atom. The van der Waals surface area contributed by atoms with Crippen molar-refractivity contribution in [3.8, 4) is 0 Å². The van der Waals surface area contributed by atoms with Gasteiger partial charge in [0.25, 0.3) is 10.0 Å². The van der Waals surface area contributed by atoms with E-state index in [0.717, 1.165) is 11.3 Å². The Morgan fingerprint density at radius 2 is 2.04 bits per heavy atom. The van der Waals surface area contributed by atoms with Gasteiger partial charge in [-0.15, -0.1) is 11.3 Å². The molecule has 7 nitrogen and oxygen atoms in total. The van der Waals surface area contributed by atoms with E-state index in [1.54, 1.807) is 20.8 Å². The Kier molecular flexibility index (Phi) is 5.26. The molecule has 4 rings (SSSR count). The molecular formula is C19H23N3O4S2. The summed E-state index contributed by atoms with van der Waals surface area (Å²) in [5, 5.41) is 1.80. The first-order valence-corrected chi connectivity index (χ1v) is 11.6. The van der Waals surface area contributed by atoms with Gasteiger partial charge >= 0.3 is 0 Å². The van der Waals surface area contributed by atoms with Crippen molar-refractivity contribution in [1.29, 1.82) is 0 Å². The zero-order chi connectivity index (χ0) is 19.8. The van der Waals surface area contributed by atoms with Crippen LogP contribution in [0.3, 0.4) is 0 Å². The van der Waals surface area contributed by atoms with Gasteiger partial charge in [0.1, 0.15) is 10.8 Å². The molecule has 9 heteroatoms. The second-order valence-corrected chi connectivity index (χ2v) is 10.4. The number of rotatable bonds is 4. The first-order chi connectivity index (χ1) is 13.4. The van der Waals surface area contributed by atoms with E-state index in [1.165, 1.54) is 11.3 Å². The summed E-state index contributed by atoms with van der Waals surface area (Å²) in [6.45, 7) is 3.55. The van der Waals surface area contributed by atoms with Gasteiger partial charge < -0.3 is 9.64 Å². The number of aromatic nitrogens is 1. The number of nitrogens with zero attached hydrogens (tertiary/aromatic N) is 3. The molecule has 150 valence electrons. The Balaban J connectivity index is 1.44. The molecule has 2 fully saturated rings. The number of pyridine rings is 1. The van der Waals surface area contributed by atoms with Crippen LogP contribution in [0.4, 0.5) is 0 Å². The number of carbonyl (C=O) groups excluding carboxylic acids is 1. The van der Waals surface area contributed by atoms with Crippen LogP contribution in [0.1, 0.15) is 24.1 Å². The summed E-state index contributed by atoms with van der Waals surface area (Å²) in [5.74, 6) is -0.0551. The molecule has 2 aromatic rings. The van der Waals surface area contributed by atoms with Crippen LogP contribution in [0.25, 0.3) is 0 Å². The standard InChI is InChI=1S/C19H23N3O4S2/c1-15-5-11-27-18(15)28(24,25)22-9-6-19(7-10-22)14-21(17(23)13-26-19)12-16-4-2-3-8-20-16/h2-5,8,11H,6-7,9-10,12-14H2,1H3. The average molecular weight is 422 g/mol. The minimum atomic E-state index is -3.47. The maximum absolute atomic E-state index is 12.9. The Labute approximate surface area is 169 Å². The van der Waals surface area contributed by atoms with Crippen molar-refractivity contribution >= 4 is 27.3 Å². The van der Waals surface area contributed by atoms with Gasteiger partial charge in [0.2, 0.25) is 5.91 Å². The lowest BCUT2D eigenvalue weighted by Gasteiger charge is -2.46. The van der Waals surface area contributed by atoms with E-state index < -0.39 is 15.6 Å². The van der Waals surface area contributed by atoms with E-state index in [0.29, 0.717) is 43.2 Å². The molecule has 1 spiro atoms. The molecule has 2 aromatic heterocycles. The molecule has 2 aliphatic rings. The fraction of sp³-hybridized carbons (Fsp3) is 0.474. The molecule has 28 heavy (non-hydrogen) atoms. The normalized spacial score (nSPS) is 20.6. The smallest absolute Gasteiger partial charge is 0.252 e. The Hall–Kier alpha value is -1.81. The molecule has 0 aromatic carbocycles. The van der Waals surface area contributed by atoms with E-state index in [4.69, 9.17) is 4.74 Å². The monoisotopic (exact) mass is 421 g/mol. The van der Waals surface area contributed by atoms with E-state index in [2.05, 4.69) is 4.98 Å². The average Bonchev–Trinajstić information content (AvgIpc) is 3.13. The van der Waals surface area contributed by atoms with Gasteiger partial charge in [-0.2, -0.15) is 4.31 Å². The molecule has 0 N–H and O–H groups in total. The van der Waals surface area contributed by atoms with Gasteiger partial charge in [0, 0.05) is 19.3 Å². The van der Waals surface area contributed by atoms with Gasteiger partial charge in [-0.3, -0.25) is 9.78 Å². The minimum Gasteiger partial charge on any atom is -0.363 e. The molecule has 4 heterocycles. The fourth-order valence-electron chi connectivity index (χ4n) is 3.80. The number of piperidine rings is 1. The van der Waals surface area contributed by atoms with Crippen LogP contribution in [0.2, 0.25) is 0 Å². The van der Waals surface area contributed by atoms with Crippen molar-refractivity contribution in [3.63, 3.8) is 0 Å². The van der Waals surface area contributed by atoms with Crippen molar-refractivity contribution in [3.05, 3.63) is 47.1 Å². The number of thiophene rings is 1. The zero-order valence-electron chi connectivity index (χ0n) is 15.7. The highest BCUT2D eigenvalue weighted by molar-refractivity contribution is 7.91. The van der Waals surface area contributed by atoms with Crippen LogP contribution in [-0.4, -0.2) is 60.4 Å². The third-order valence-electron chi connectivity index (χ3n) is 5.44. The molecule has 1 amide bonds. The van der Waals surface area contributed by atoms with Gasteiger partial charge in [-0.1, -0.05) is 6.07 Å². The maximum atomic E-state index is 12.9. The lowest BCUT2D eigenvalue weighted by molar-refractivity contribution is -0.170. The van der Waals surface area contributed by atoms with Crippen LogP contribution in [0, 0.1) is 6.92 Å². The minimum absolute atomic E-state index is 0.0314. The first kappa shape index (κ1) is 19.5.